The molecule has 0 atom stereocenters. The minimum atomic E-state index is 0.0762. The van der Waals surface area contributed by atoms with E-state index in [0.29, 0.717) is 16.6 Å². The van der Waals surface area contributed by atoms with E-state index in [-0.39, 0.29) is 6.61 Å². The van der Waals surface area contributed by atoms with E-state index >= 15 is 0 Å². The van der Waals surface area contributed by atoms with Gasteiger partial charge >= 0.3 is 0 Å². The number of aryl methyl sites for hydroxylation is 2. The van der Waals surface area contributed by atoms with Crippen LogP contribution in [0, 0.1) is 13.8 Å². The van der Waals surface area contributed by atoms with Crippen LogP contribution < -0.4 is 4.90 Å². The van der Waals surface area contributed by atoms with Crippen molar-refractivity contribution in [2.45, 2.75) is 20.8 Å². The van der Waals surface area contributed by atoms with Crippen molar-refractivity contribution in [1.82, 2.24) is 14.6 Å². The average molecular weight is 379 g/mol. The molecule has 1 aromatic carbocycles. The first kappa shape index (κ1) is 18.0. The lowest BCUT2D eigenvalue weighted by Crippen LogP contribution is -2.28. The molecule has 132 valence electrons. The number of halogens is 2. The molecule has 0 aliphatic rings. The lowest BCUT2D eigenvalue weighted by molar-refractivity contribution is 0.302. The van der Waals surface area contributed by atoms with Gasteiger partial charge in [-0.05, 0) is 32.9 Å². The van der Waals surface area contributed by atoms with E-state index in [1.54, 1.807) is 6.07 Å². The second kappa shape index (κ2) is 7.20. The molecule has 3 rings (SSSR count). The first-order valence-electron chi connectivity index (χ1n) is 8.14. The molecule has 7 heteroatoms. The number of fused-ring (bicyclic) bond motifs is 1. The largest absolute Gasteiger partial charge is 0.395 e. The summed E-state index contributed by atoms with van der Waals surface area (Å²) in [4.78, 5) is 6.76. The van der Waals surface area contributed by atoms with Gasteiger partial charge in [-0.3, -0.25) is 0 Å². The lowest BCUT2D eigenvalue weighted by Gasteiger charge is -2.22. The molecule has 3 aromatic rings. The van der Waals surface area contributed by atoms with Crippen LogP contribution in [0.2, 0.25) is 10.0 Å². The second-order valence-corrected chi connectivity index (χ2v) is 6.72. The fraction of sp³-hybridized carbons (Fsp3) is 0.333. The predicted octanol–water partition coefficient (Wildman–Crippen LogP) is 4.14. The van der Waals surface area contributed by atoms with E-state index in [4.69, 9.17) is 28.2 Å². The Kier molecular flexibility index (Phi) is 5.18. The van der Waals surface area contributed by atoms with E-state index in [1.165, 1.54) is 0 Å². The van der Waals surface area contributed by atoms with Crippen LogP contribution in [0.15, 0.2) is 24.3 Å². The molecule has 2 heterocycles. The van der Waals surface area contributed by atoms with Crippen molar-refractivity contribution < 1.29 is 5.11 Å². The first-order chi connectivity index (χ1) is 12.0. The third-order valence-electron chi connectivity index (χ3n) is 4.15. The number of hydrogen-bond acceptors (Lipinski definition) is 4. The Bertz CT molecular complexity index is 923. The highest BCUT2D eigenvalue weighted by molar-refractivity contribution is 6.36. The zero-order valence-corrected chi connectivity index (χ0v) is 15.9. The van der Waals surface area contributed by atoms with E-state index < -0.39 is 0 Å². The standard InChI is InChI=1S/C18H20Cl2N4O/c1-4-23(7-8-25)16-9-11(2)21-18-17(12(3)22-24(16)18)14-6-5-13(19)10-15(14)20/h5-6,9-10,25H,4,7-8H2,1-3H3. The van der Waals surface area contributed by atoms with Crippen LogP contribution in [0.3, 0.4) is 0 Å². The van der Waals surface area contributed by atoms with Crippen molar-refractivity contribution in [1.29, 1.82) is 0 Å². The minimum absolute atomic E-state index is 0.0762. The Labute approximate surface area is 156 Å². The summed E-state index contributed by atoms with van der Waals surface area (Å²) in [5, 5.41) is 15.2. The number of rotatable bonds is 5. The molecular formula is C18H20Cl2N4O. The van der Waals surface area contributed by atoms with Crippen LogP contribution in [-0.2, 0) is 0 Å². The number of likely N-dealkylation sites (N-methyl/N-ethyl adjacent to an activating group) is 1. The van der Waals surface area contributed by atoms with Gasteiger partial charge in [0.2, 0.25) is 0 Å². The third-order valence-corrected chi connectivity index (χ3v) is 4.70. The molecule has 5 nitrogen and oxygen atoms in total. The van der Waals surface area contributed by atoms with Gasteiger partial charge in [0.25, 0.3) is 0 Å². The third kappa shape index (κ3) is 3.32. The molecule has 1 N–H and O–H groups in total. The topological polar surface area (TPSA) is 53.7 Å². The van der Waals surface area contributed by atoms with Crippen molar-refractivity contribution in [2.75, 3.05) is 24.6 Å². The molecule has 0 fully saturated rings. The summed E-state index contributed by atoms with van der Waals surface area (Å²) in [6.07, 6.45) is 0. The Morgan fingerprint density at radius 3 is 2.60 bits per heavy atom. The van der Waals surface area contributed by atoms with Gasteiger partial charge in [0.15, 0.2) is 5.65 Å². The highest BCUT2D eigenvalue weighted by Crippen LogP contribution is 2.35. The van der Waals surface area contributed by atoms with Crippen LogP contribution in [0.1, 0.15) is 18.3 Å². The maximum atomic E-state index is 9.35. The highest BCUT2D eigenvalue weighted by Gasteiger charge is 2.20. The Morgan fingerprint density at radius 1 is 1.20 bits per heavy atom. The summed E-state index contributed by atoms with van der Waals surface area (Å²) in [7, 11) is 0. The maximum absolute atomic E-state index is 9.35. The van der Waals surface area contributed by atoms with Gasteiger partial charge in [0.1, 0.15) is 5.82 Å². The van der Waals surface area contributed by atoms with E-state index in [0.717, 1.165) is 40.5 Å². The number of aliphatic hydroxyl groups excluding tert-OH is 1. The molecule has 0 unspecified atom stereocenters. The summed E-state index contributed by atoms with van der Waals surface area (Å²) in [5.41, 5.74) is 4.21. The van der Waals surface area contributed by atoms with Crippen LogP contribution in [0.25, 0.3) is 16.8 Å². The average Bonchev–Trinajstić information content (AvgIpc) is 2.88. The molecule has 0 spiro atoms. The van der Waals surface area contributed by atoms with Crippen molar-refractivity contribution in [3.05, 3.63) is 45.7 Å². The monoisotopic (exact) mass is 378 g/mol. The lowest BCUT2D eigenvalue weighted by atomic mass is 10.1. The Balaban J connectivity index is 2.28. The highest BCUT2D eigenvalue weighted by atomic mass is 35.5. The van der Waals surface area contributed by atoms with E-state index in [9.17, 15) is 5.11 Å². The van der Waals surface area contributed by atoms with Gasteiger partial charge in [-0.25, -0.2) is 4.98 Å². The van der Waals surface area contributed by atoms with Crippen LogP contribution in [0.5, 0.6) is 0 Å². The molecule has 2 aromatic heterocycles. The number of anilines is 1. The van der Waals surface area contributed by atoms with E-state index in [2.05, 4.69) is 10.00 Å². The molecule has 0 radical (unpaired) electrons. The van der Waals surface area contributed by atoms with Crippen molar-refractivity contribution >= 4 is 34.7 Å². The molecule has 0 amide bonds. The zero-order chi connectivity index (χ0) is 18.1. The summed E-state index contributed by atoms with van der Waals surface area (Å²) in [6.45, 7) is 7.31. The molecule has 0 saturated heterocycles. The molecule has 0 aliphatic heterocycles. The van der Waals surface area contributed by atoms with E-state index in [1.807, 2.05) is 43.5 Å². The summed E-state index contributed by atoms with van der Waals surface area (Å²) in [5.74, 6) is 0.901. The van der Waals surface area contributed by atoms with Crippen LogP contribution in [-0.4, -0.2) is 39.4 Å². The molecule has 0 saturated carbocycles. The fourth-order valence-electron chi connectivity index (χ4n) is 3.01. The number of nitrogens with zero attached hydrogens (tertiary/aromatic N) is 4. The molecule has 25 heavy (non-hydrogen) atoms. The Morgan fingerprint density at radius 2 is 1.96 bits per heavy atom. The fourth-order valence-corrected chi connectivity index (χ4v) is 3.52. The molecule has 0 bridgehead atoms. The summed E-state index contributed by atoms with van der Waals surface area (Å²) >= 11 is 12.5. The smallest absolute Gasteiger partial charge is 0.165 e. The predicted molar refractivity (Wildman–Crippen MR) is 103 cm³/mol. The van der Waals surface area contributed by atoms with Gasteiger partial charge in [-0.15, -0.1) is 0 Å². The van der Waals surface area contributed by atoms with Crippen molar-refractivity contribution in [3.63, 3.8) is 0 Å². The minimum Gasteiger partial charge on any atom is -0.395 e. The quantitative estimate of drug-likeness (QED) is 0.724. The van der Waals surface area contributed by atoms with Crippen LogP contribution >= 0.6 is 23.2 Å². The normalized spacial score (nSPS) is 11.3. The molecular weight excluding hydrogens is 359 g/mol. The zero-order valence-electron chi connectivity index (χ0n) is 14.4. The van der Waals surface area contributed by atoms with Gasteiger partial charge < -0.3 is 10.0 Å². The van der Waals surface area contributed by atoms with Crippen LogP contribution in [0.4, 0.5) is 5.82 Å². The van der Waals surface area contributed by atoms with Gasteiger partial charge in [0, 0.05) is 35.4 Å². The second-order valence-electron chi connectivity index (χ2n) is 5.88. The number of hydrogen-bond donors (Lipinski definition) is 1. The Hall–Kier alpha value is -1.82. The number of aromatic nitrogens is 3. The summed E-state index contributed by atoms with van der Waals surface area (Å²) in [6, 6.07) is 7.41. The SMILES string of the molecule is CCN(CCO)c1cc(C)nc2c(-c3ccc(Cl)cc3Cl)c(C)nn12. The van der Waals surface area contributed by atoms with Gasteiger partial charge in [0.05, 0.1) is 22.9 Å². The molecule has 0 aliphatic carbocycles. The first-order valence-corrected chi connectivity index (χ1v) is 8.90. The van der Waals surface area contributed by atoms with Gasteiger partial charge in [-0.1, -0.05) is 29.3 Å². The van der Waals surface area contributed by atoms with Crippen molar-refractivity contribution in [3.8, 4) is 11.1 Å². The maximum Gasteiger partial charge on any atom is 0.165 e. The van der Waals surface area contributed by atoms with Gasteiger partial charge in [-0.2, -0.15) is 9.61 Å². The van der Waals surface area contributed by atoms with Crippen molar-refractivity contribution in [2.24, 2.45) is 0 Å². The number of benzene rings is 1. The summed E-state index contributed by atoms with van der Waals surface area (Å²) < 4.78 is 1.82. The number of aliphatic hydroxyl groups is 1.